The summed E-state index contributed by atoms with van der Waals surface area (Å²) in [4.78, 5) is 68.8. The minimum Gasteiger partial charge on any atom is -0.458 e. The molecule has 0 unspecified atom stereocenters. The summed E-state index contributed by atoms with van der Waals surface area (Å²) in [6.45, 7) is 16.4. The van der Waals surface area contributed by atoms with E-state index in [1.54, 1.807) is 32.6 Å². The van der Waals surface area contributed by atoms with Crippen LogP contribution in [0.4, 0.5) is 4.79 Å². The van der Waals surface area contributed by atoms with Crippen LogP contribution in [0.1, 0.15) is 94.4 Å². The molecule has 3 fully saturated rings. The number of rotatable bonds is 7. The maximum atomic E-state index is 14.0. The second-order valence-electron chi connectivity index (χ2n) is 12.9. The predicted molar refractivity (Wildman–Crippen MR) is 148 cm³/mol. The minimum atomic E-state index is -1.32. The van der Waals surface area contributed by atoms with Crippen LogP contribution in [-0.2, 0) is 33.4 Å². The molecule has 40 heavy (non-hydrogen) atoms. The average Bonchev–Trinajstić information content (AvgIpc) is 3.69. The van der Waals surface area contributed by atoms with Gasteiger partial charge in [-0.2, -0.15) is 0 Å². The van der Waals surface area contributed by atoms with Crippen LogP contribution < -0.4 is 0 Å². The van der Waals surface area contributed by atoms with E-state index in [4.69, 9.17) is 14.2 Å². The number of cyclic esters (lactones) is 1. The summed E-state index contributed by atoms with van der Waals surface area (Å²) in [6.07, 6.45) is 2.14. The van der Waals surface area contributed by atoms with Crippen molar-refractivity contribution in [3.8, 4) is 0 Å². The van der Waals surface area contributed by atoms with Crippen LogP contribution in [0.3, 0.4) is 0 Å². The van der Waals surface area contributed by atoms with E-state index in [0.717, 1.165) is 12.8 Å². The highest BCUT2D eigenvalue weighted by molar-refractivity contribution is 6.00. The third kappa shape index (κ3) is 6.14. The molecule has 1 saturated carbocycles. The van der Waals surface area contributed by atoms with Gasteiger partial charge < -0.3 is 19.1 Å². The van der Waals surface area contributed by atoms with Crippen molar-refractivity contribution in [3.63, 3.8) is 0 Å². The van der Waals surface area contributed by atoms with E-state index in [-0.39, 0.29) is 23.8 Å². The average molecular weight is 564 g/mol. The van der Waals surface area contributed by atoms with Crippen molar-refractivity contribution in [1.29, 1.82) is 0 Å². The minimum absolute atomic E-state index is 0.0981. The summed E-state index contributed by atoms with van der Waals surface area (Å²) in [7, 11) is 0. The number of carbonyl (C=O) groups excluding carboxylic acids is 5. The van der Waals surface area contributed by atoms with E-state index in [1.807, 2.05) is 20.8 Å². The molecule has 1 aliphatic carbocycles. The second-order valence-corrected chi connectivity index (χ2v) is 12.9. The van der Waals surface area contributed by atoms with Crippen molar-refractivity contribution in [1.82, 2.24) is 4.90 Å². The number of nitrogens with zero attached hydrogens (tertiary/aromatic N) is 1. The Morgan fingerprint density at radius 2 is 1.62 bits per heavy atom. The van der Waals surface area contributed by atoms with Gasteiger partial charge in [-0.1, -0.05) is 41.5 Å². The van der Waals surface area contributed by atoms with Gasteiger partial charge in [0.2, 0.25) is 0 Å². The lowest BCUT2D eigenvalue weighted by molar-refractivity contribution is -0.171. The van der Waals surface area contributed by atoms with Gasteiger partial charge in [-0.3, -0.25) is 19.2 Å². The van der Waals surface area contributed by atoms with Gasteiger partial charge in [0.05, 0.1) is 12.1 Å². The summed E-state index contributed by atoms with van der Waals surface area (Å²) in [5.74, 6) is -4.47. The van der Waals surface area contributed by atoms with Crippen LogP contribution >= 0.6 is 0 Å². The number of Topliss-reactive ketones (excluding diaryl/α,β-unsaturated/α-hetero) is 3. The number of fused-ring (bicyclic) bond motifs is 1. The molecule has 226 valence electrons. The molecule has 2 heterocycles. The third-order valence-electron chi connectivity index (χ3n) is 10.1. The standard InChI is InChI=1S/C31H49NO8/c1-10-24-31(9)27(32(29(37)40-31)14-11-15-38-23-12-13-23)19(4)25(34)17(2)16-30(8,22(7)33)21(6)18(3)26(35)20(5)28(36)39-24/h17-21,23-24,27H,10-16H2,1-9H3/t17-,18-,19+,20-,21-,24-,27-,30-,31-/m1/s1. The van der Waals surface area contributed by atoms with E-state index in [1.165, 1.54) is 13.8 Å². The maximum Gasteiger partial charge on any atom is 0.410 e. The first-order valence-electron chi connectivity index (χ1n) is 15.0. The summed E-state index contributed by atoms with van der Waals surface area (Å²) in [5, 5.41) is 0. The van der Waals surface area contributed by atoms with Crippen LogP contribution in [0, 0.1) is 35.0 Å². The van der Waals surface area contributed by atoms with Gasteiger partial charge in [-0.15, -0.1) is 0 Å². The normalized spacial score (nSPS) is 39.8. The van der Waals surface area contributed by atoms with Crippen molar-refractivity contribution >= 4 is 29.4 Å². The highest BCUT2D eigenvalue weighted by atomic mass is 16.6. The summed E-state index contributed by atoms with van der Waals surface area (Å²) in [6, 6.07) is -0.706. The molecule has 3 rings (SSSR count). The first-order chi connectivity index (χ1) is 18.6. The topological polar surface area (TPSA) is 116 Å². The Balaban J connectivity index is 2.05. The zero-order valence-corrected chi connectivity index (χ0v) is 25.8. The number of esters is 1. The number of amides is 1. The maximum absolute atomic E-state index is 14.0. The zero-order valence-electron chi connectivity index (χ0n) is 25.8. The number of ether oxygens (including phenoxy) is 3. The Morgan fingerprint density at radius 1 is 1.00 bits per heavy atom. The molecule has 0 radical (unpaired) electrons. The van der Waals surface area contributed by atoms with Crippen LogP contribution in [0.15, 0.2) is 0 Å². The number of ketones is 3. The highest BCUT2D eigenvalue weighted by Crippen LogP contribution is 2.44. The van der Waals surface area contributed by atoms with Gasteiger partial charge in [0, 0.05) is 36.3 Å². The number of carbonyl (C=O) groups is 5. The molecule has 9 atom stereocenters. The summed E-state index contributed by atoms with van der Waals surface area (Å²) < 4.78 is 17.7. The van der Waals surface area contributed by atoms with Crippen molar-refractivity contribution in [2.45, 2.75) is 118 Å². The van der Waals surface area contributed by atoms with Crippen molar-refractivity contribution in [2.24, 2.45) is 35.0 Å². The number of hydrogen-bond donors (Lipinski definition) is 0. The van der Waals surface area contributed by atoms with E-state index >= 15 is 0 Å². The smallest absolute Gasteiger partial charge is 0.410 e. The molecule has 9 nitrogen and oxygen atoms in total. The van der Waals surface area contributed by atoms with Crippen LogP contribution in [-0.4, -0.2) is 71.3 Å². The molecule has 0 aromatic heterocycles. The van der Waals surface area contributed by atoms with E-state index < -0.39 is 64.8 Å². The lowest BCUT2D eigenvalue weighted by atomic mass is 9.63. The zero-order chi connectivity index (χ0) is 30.2. The molecule has 2 aliphatic heterocycles. The molecule has 0 spiro atoms. The quantitative estimate of drug-likeness (QED) is 0.247. The Kier molecular flexibility index (Phi) is 9.90. The second kappa shape index (κ2) is 12.3. The Morgan fingerprint density at radius 3 is 2.17 bits per heavy atom. The fraction of sp³-hybridized carbons (Fsp3) is 0.839. The lowest BCUT2D eigenvalue weighted by Gasteiger charge is -2.42. The van der Waals surface area contributed by atoms with Gasteiger partial charge in [0.15, 0.2) is 5.60 Å². The largest absolute Gasteiger partial charge is 0.458 e. The summed E-state index contributed by atoms with van der Waals surface area (Å²) >= 11 is 0. The monoisotopic (exact) mass is 563 g/mol. The molecular weight excluding hydrogens is 514 g/mol. The molecular formula is C31H49NO8. The van der Waals surface area contributed by atoms with Crippen molar-refractivity contribution in [2.75, 3.05) is 13.2 Å². The summed E-state index contributed by atoms with van der Waals surface area (Å²) in [5.41, 5.74) is -2.28. The Hall–Kier alpha value is -2.29. The van der Waals surface area contributed by atoms with E-state index in [2.05, 4.69) is 0 Å². The fourth-order valence-corrected chi connectivity index (χ4v) is 6.85. The fourth-order valence-electron chi connectivity index (χ4n) is 6.85. The van der Waals surface area contributed by atoms with Gasteiger partial charge in [0.1, 0.15) is 29.4 Å². The van der Waals surface area contributed by atoms with E-state index in [9.17, 15) is 24.0 Å². The molecule has 0 aromatic carbocycles. The molecule has 0 bridgehead atoms. The first kappa shape index (κ1) is 32.2. The molecule has 9 heteroatoms. The molecule has 1 amide bonds. The number of hydrogen-bond acceptors (Lipinski definition) is 8. The van der Waals surface area contributed by atoms with Crippen LogP contribution in [0.25, 0.3) is 0 Å². The molecule has 0 aromatic rings. The molecule has 3 aliphatic rings. The Labute approximate surface area is 239 Å². The van der Waals surface area contributed by atoms with Gasteiger partial charge >= 0.3 is 12.1 Å². The van der Waals surface area contributed by atoms with Gasteiger partial charge in [0.25, 0.3) is 0 Å². The highest BCUT2D eigenvalue weighted by Gasteiger charge is 2.60. The van der Waals surface area contributed by atoms with Gasteiger partial charge in [-0.05, 0) is 58.8 Å². The van der Waals surface area contributed by atoms with Crippen LogP contribution in [0.5, 0.6) is 0 Å². The molecule has 2 saturated heterocycles. The SMILES string of the molecule is CC[C@H]1OC(=O)[C@H](C)C(=O)[C@H](C)[C@@H](C)[C@](C)(C(C)=O)C[C@@H](C)C(=O)[C@H](C)[C@H]2N(CCCOC3CC3)C(=O)O[C@]12C. The van der Waals surface area contributed by atoms with Gasteiger partial charge in [-0.25, -0.2) is 4.79 Å². The third-order valence-corrected chi connectivity index (χ3v) is 10.1. The van der Waals surface area contributed by atoms with E-state index in [0.29, 0.717) is 32.1 Å². The first-order valence-corrected chi connectivity index (χ1v) is 15.0. The predicted octanol–water partition coefficient (Wildman–Crippen LogP) is 4.77. The van der Waals surface area contributed by atoms with Crippen molar-refractivity contribution in [3.05, 3.63) is 0 Å². The Bertz CT molecular complexity index is 1010. The van der Waals surface area contributed by atoms with Crippen molar-refractivity contribution < 1.29 is 38.2 Å². The van der Waals surface area contributed by atoms with Crippen LogP contribution in [0.2, 0.25) is 0 Å². The molecule has 0 N–H and O–H groups in total. The lowest BCUT2D eigenvalue weighted by Crippen LogP contribution is -2.58.